The van der Waals surface area contributed by atoms with Crippen molar-refractivity contribution >= 4 is 27.2 Å². The topological polar surface area (TPSA) is 17.8 Å². The van der Waals surface area contributed by atoms with Crippen molar-refractivity contribution in [3.63, 3.8) is 0 Å². The minimum absolute atomic E-state index is 1.00. The standard InChI is InChI=1S/C16H17BrN2/c1-11-7-5-6-8-15(11)12(2)9-13(3)19-14(4)16(17)10-18-19/h5-10H,2H2,1,3-4H3/b13-9-. The lowest BCUT2D eigenvalue weighted by atomic mass is 10.0. The number of halogens is 1. The monoisotopic (exact) mass is 316 g/mol. The lowest BCUT2D eigenvalue weighted by molar-refractivity contribution is 0.861. The molecular weight excluding hydrogens is 300 g/mol. The number of hydrogen-bond donors (Lipinski definition) is 0. The number of aromatic nitrogens is 2. The maximum atomic E-state index is 4.34. The predicted octanol–water partition coefficient (Wildman–Crippen LogP) is 4.84. The van der Waals surface area contributed by atoms with Crippen molar-refractivity contribution in [2.45, 2.75) is 20.8 Å². The molecule has 2 nitrogen and oxygen atoms in total. The average Bonchev–Trinajstić information content (AvgIpc) is 2.70. The fourth-order valence-electron chi connectivity index (χ4n) is 2.07. The van der Waals surface area contributed by atoms with Crippen LogP contribution < -0.4 is 0 Å². The summed E-state index contributed by atoms with van der Waals surface area (Å²) in [5.74, 6) is 0. The summed E-state index contributed by atoms with van der Waals surface area (Å²) in [6.07, 6.45) is 3.87. The Hall–Kier alpha value is -1.61. The number of hydrogen-bond acceptors (Lipinski definition) is 1. The van der Waals surface area contributed by atoms with E-state index in [-0.39, 0.29) is 0 Å². The Bertz CT molecular complexity index is 651. The van der Waals surface area contributed by atoms with Crippen molar-refractivity contribution < 1.29 is 0 Å². The molecule has 2 rings (SSSR count). The Labute approximate surface area is 122 Å². The van der Waals surface area contributed by atoms with Crippen molar-refractivity contribution in [1.29, 1.82) is 0 Å². The summed E-state index contributed by atoms with van der Waals surface area (Å²) >= 11 is 3.47. The van der Waals surface area contributed by atoms with Gasteiger partial charge in [-0.1, -0.05) is 30.8 Å². The number of nitrogens with zero attached hydrogens (tertiary/aromatic N) is 2. The van der Waals surface area contributed by atoms with Gasteiger partial charge in [-0.2, -0.15) is 5.10 Å². The normalized spacial score (nSPS) is 11.7. The summed E-state index contributed by atoms with van der Waals surface area (Å²) in [6, 6.07) is 8.26. The Morgan fingerprint density at radius 3 is 2.58 bits per heavy atom. The quantitative estimate of drug-likeness (QED) is 0.741. The molecule has 98 valence electrons. The second kappa shape index (κ2) is 5.57. The van der Waals surface area contributed by atoms with Crippen LogP contribution in [0.5, 0.6) is 0 Å². The summed E-state index contributed by atoms with van der Waals surface area (Å²) in [6.45, 7) is 10.3. The van der Waals surface area contributed by atoms with E-state index >= 15 is 0 Å². The fraction of sp³-hybridized carbons (Fsp3) is 0.188. The largest absolute Gasteiger partial charge is 0.241 e. The zero-order valence-corrected chi connectivity index (χ0v) is 13.0. The highest BCUT2D eigenvalue weighted by atomic mass is 79.9. The Balaban J connectivity index is 2.34. The second-order valence-corrected chi connectivity index (χ2v) is 5.47. The third kappa shape index (κ3) is 2.87. The second-order valence-electron chi connectivity index (χ2n) is 4.62. The van der Waals surface area contributed by atoms with Gasteiger partial charge in [0.2, 0.25) is 0 Å². The third-order valence-corrected chi connectivity index (χ3v) is 3.94. The van der Waals surface area contributed by atoms with E-state index in [2.05, 4.69) is 52.7 Å². The molecule has 3 heteroatoms. The van der Waals surface area contributed by atoms with Crippen molar-refractivity contribution in [1.82, 2.24) is 9.78 Å². The van der Waals surface area contributed by atoms with E-state index < -0.39 is 0 Å². The van der Waals surface area contributed by atoms with Crippen LogP contribution in [0, 0.1) is 13.8 Å². The van der Waals surface area contributed by atoms with Gasteiger partial charge in [0.05, 0.1) is 16.4 Å². The highest BCUT2D eigenvalue weighted by Crippen LogP contribution is 2.23. The fourth-order valence-corrected chi connectivity index (χ4v) is 2.33. The van der Waals surface area contributed by atoms with Crippen molar-refractivity contribution in [2.75, 3.05) is 0 Å². The van der Waals surface area contributed by atoms with Gasteiger partial charge in [-0.15, -0.1) is 0 Å². The van der Waals surface area contributed by atoms with Crippen LogP contribution in [0.4, 0.5) is 0 Å². The van der Waals surface area contributed by atoms with Gasteiger partial charge in [-0.05, 0) is 59.5 Å². The maximum Gasteiger partial charge on any atom is 0.0639 e. The number of allylic oxidation sites excluding steroid dienone is 3. The van der Waals surface area contributed by atoms with Gasteiger partial charge in [0.1, 0.15) is 0 Å². The first-order valence-corrected chi connectivity index (χ1v) is 6.93. The van der Waals surface area contributed by atoms with E-state index in [0.717, 1.165) is 21.4 Å². The lowest BCUT2D eigenvalue weighted by Gasteiger charge is -2.08. The van der Waals surface area contributed by atoms with Gasteiger partial charge in [0.15, 0.2) is 0 Å². The van der Waals surface area contributed by atoms with Crippen molar-refractivity contribution in [3.05, 3.63) is 64.4 Å². The molecule has 0 bridgehead atoms. The first-order chi connectivity index (χ1) is 9.00. The van der Waals surface area contributed by atoms with Crippen LogP contribution in [0.15, 0.2) is 47.6 Å². The first kappa shape index (κ1) is 13.8. The van der Waals surface area contributed by atoms with Crippen LogP contribution in [0.3, 0.4) is 0 Å². The Morgan fingerprint density at radius 1 is 1.32 bits per heavy atom. The van der Waals surface area contributed by atoms with Crippen LogP contribution in [0.25, 0.3) is 11.3 Å². The van der Waals surface area contributed by atoms with Gasteiger partial charge in [0, 0.05) is 5.70 Å². The summed E-state index contributed by atoms with van der Waals surface area (Å²) < 4.78 is 2.93. The van der Waals surface area contributed by atoms with Gasteiger partial charge in [0.25, 0.3) is 0 Å². The number of rotatable bonds is 3. The van der Waals surface area contributed by atoms with Gasteiger partial charge < -0.3 is 0 Å². The summed E-state index contributed by atoms with van der Waals surface area (Å²) in [4.78, 5) is 0. The minimum atomic E-state index is 1.00. The molecule has 0 N–H and O–H groups in total. The maximum absolute atomic E-state index is 4.34. The SMILES string of the molecule is C=C(/C=C(/C)n1ncc(Br)c1C)c1ccccc1C. The highest BCUT2D eigenvalue weighted by molar-refractivity contribution is 9.10. The van der Waals surface area contributed by atoms with Crippen molar-refractivity contribution in [2.24, 2.45) is 0 Å². The molecule has 0 radical (unpaired) electrons. The molecule has 0 fully saturated rings. The van der Waals surface area contributed by atoms with E-state index in [9.17, 15) is 0 Å². The summed E-state index contributed by atoms with van der Waals surface area (Å²) in [7, 11) is 0. The third-order valence-electron chi connectivity index (χ3n) is 3.16. The Morgan fingerprint density at radius 2 is 2.00 bits per heavy atom. The first-order valence-electron chi connectivity index (χ1n) is 6.14. The van der Waals surface area contributed by atoms with Crippen molar-refractivity contribution in [3.8, 4) is 0 Å². The van der Waals surface area contributed by atoms with E-state index in [4.69, 9.17) is 0 Å². The molecule has 0 amide bonds. The molecule has 0 aliphatic rings. The molecule has 0 saturated carbocycles. The Kier molecular flexibility index (Phi) is 4.05. The van der Waals surface area contributed by atoms with Gasteiger partial charge in [-0.25, -0.2) is 4.68 Å². The lowest BCUT2D eigenvalue weighted by Crippen LogP contribution is -1.99. The van der Waals surface area contributed by atoms with Crippen LogP contribution in [-0.2, 0) is 0 Å². The van der Waals surface area contributed by atoms with E-state index in [1.165, 1.54) is 11.1 Å². The predicted molar refractivity (Wildman–Crippen MR) is 84.8 cm³/mol. The zero-order valence-electron chi connectivity index (χ0n) is 11.4. The molecule has 0 aliphatic carbocycles. The minimum Gasteiger partial charge on any atom is -0.241 e. The number of aryl methyl sites for hydroxylation is 1. The van der Waals surface area contributed by atoms with Crippen LogP contribution >= 0.6 is 15.9 Å². The molecule has 1 heterocycles. The molecule has 19 heavy (non-hydrogen) atoms. The molecule has 0 saturated heterocycles. The molecular formula is C16H17BrN2. The smallest absolute Gasteiger partial charge is 0.0639 e. The molecule has 2 aromatic rings. The molecule has 0 aliphatic heterocycles. The summed E-state index contributed by atoms with van der Waals surface area (Å²) in [5, 5.41) is 4.34. The van der Waals surface area contributed by atoms with E-state index in [0.29, 0.717) is 0 Å². The summed E-state index contributed by atoms with van der Waals surface area (Å²) in [5.41, 5.74) is 5.55. The zero-order chi connectivity index (χ0) is 14.0. The van der Waals surface area contributed by atoms with E-state index in [1.807, 2.05) is 36.9 Å². The van der Waals surface area contributed by atoms with E-state index in [1.54, 1.807) is 0 Å². The molecule has 1 aromatic heterocycles. The molecule has 0 spiro atoms. The molecule has 0 atom stereocenters. The molecule has 0 unspecified atom stereocenters. The van der Waals surface area contributed by atoms with Crippen LogP contribution in [0.2, 0.25) is 0 Å². The molecule has 1 aromatic carbocycles. The van der Waals surface area contributed by atoms with Crippen LogP contribution in [-0.4, -0.2) is 9.78 Å². The van der Waals surface area contributed by atoms with Crippen LogP contribution in [0.1, 0.15) is 23.7 Å². The van der Waals surface area contributed by atoms with Gasteiger partial charge in [-0.3, -0.25) is 0 Å². The number of benzene rings is 1. The van der Waals surface area contributed by atoms with Gasteiger partial charge >= 0.3 is 0 Å². The average molecular weight is 317 g/mol. The highest BCUT2D eigenvalue weighted by Gasteiger charge is 2.06.